The summed E-state index contributed by atoms with van der Waals surface area (Å²) in [6.07, 6.45) is 4.46. The molecule has 0 fully saturated rings. The average molecular weight is 261 g/mol. The van der Waals surface area contributed by atoms with Crippen LogP contribution in [0.1, 0.15) is 12.2 Å². The van der Waals surface area contributed by atoms with Crippen LogP contribution in [0, 0.1) is 5.82 Å². The van der Waals surface area contributed by atoms with Crippen LogP contribution in [0.3, 0.4) is 0 Å². The molecule has 3 aromatic heterocycles. The fourth-order valence-electron chi connectivity index (χ4n) is 1.74. The van der Waals surface area contributed by atoms with Crippen molar-refractivity contribution in [2.24, 2.45) is 0 Å². The van der Waals surface area contributed by atoms with Gasteiger partial charge in [0.2, 0.25) is 5.95 Å². The summed E-state index contributed by atoms with van der Waals surface area (Å²) in [4.78, 5) is 8.26. The van der Waals surface area contributed by atoms with E-state index in [2.05, 4.69) is 30.6 Å². The minimum Gasteiger partial charge on any atom is -0.353 e. The van der Waals surface area contributed by atoms with Crippen LogP contribution in [0.15, 0.2) is 24.7 Å². The molecule has 0 aliphatic heterocycles. The van der Waals surface area contributed by atoms with Gasteiger partial charge in [-0.2, -0.15) is 10.1 Å². The van der Waals surface area contributed by atoms with E-state index in [0.29, 0.717) is 18.1 Å². The van der Waals surface area contributed by atoms with Crippen LogP contribution in [-0.4, -0.2) is 36.3 Å². The quantitative estimate of drug-likeness (QED) is 0.670. The van der Waals surface area contributed by atoms with Crippen molar-refractivity contribution in [1.29, 1.82) is 0 Å². The summed E-state index contributed by atoms with van der Waals surface area (Å²) in [5.41, 5.74) is 0.610. The maximum Gasteiger partial charge on any atom is 0.243 e. The Kier molecular flexibility index (Phi) is 3.05. The summed E-state index contributed by atoms with van der Waals surface area (Å²) in [5, 5.41) is 13.8. The van der Waals surface area contributed by atoms with Gasteiger partial charge < -0.3 is 5.32 Å². The lowest BCUT2D eigenvalue weighted by Crippen LogP contribution is -2.05. The number of anilines is 1. The molecule has 7 nitrogen and oxygen atoms in total. The molecule has 0 radical (unpaired) electrons. The highest BCUT2D eigenvalue weighted by Gasteiger charge is 2.03. The molecule has 0 aliphatic rings. The lowest BCUT2D eigenvalue weighted by molar-refractivity contribution is 0.615. The molecule has 98 valence electrons. The number of hydrogen-bond acceptors (Lipinski definition) is 5. The second-order valence-electron chi connectivity index (χ2n) is 4.05. The first-order valence-corrected chi connectivity index (χ1v) is 5.91. The van der Waals surface area contributed by atoms with Crippen molar-refractivity contribution in [2.75, 3.05) is 11.9 Å². The maximum absolute atomic E-state index is 13.0. The number of nitrogens with zero attached hydrogens (tertiary/aromatic N) is 5. The normalized spacial score (nSPS) is 11.0. The van der Waals surface area contributed by atoms with E-state index < -0.39 is 0 Å². The van der Waals surface area contributed by atoms with Crippen molar-refractivity contribution >= 4 is 11.6 Å². The van der Waals surface area contributed by atoms with Gasteiger partial charge in [0.25, 0.3) is 0 Å². The zero-order chi connectivity index (χ0) is 13.1. The van der Waals surface area contributed by atoms with Gasteiger partial charge >= 0.3 is 0 Å². The van der Waals surface area contributed by atoms with Gasteiger partial charge in [-0.15, -0.1) is 5.10 Å². The Labute approximate surface area is 107 Å². The Morgan fingerprint density at radius 3 is 3.16 bits per heavy atom. The van der Waals surface area contributed by atoms with Crippen LogP contribution < -0.4 is 5.32 Å². The van der Waals surface area contributed by atoms with Crippen molar-refractivity contribution in [1.82, 2.24) is 29.8 Å². The van der Waals surface area contributed by atoms with Crippen LogP contribution in [0.4, 0.5) is 10.3 Å². The van der Waals surface area contributed by atoms with Crippen LogP contribution >= 0.6 is 0 Å². The second kappa shape index (κ2) is 5.01. The van der Waals surface area contributed by atoms with E-state index in [0.717, 1.165) is 18.7 Å². The summed E-state index contributed by atoms with van der Waals surface area (Å²) in [6.45, 7) is 0.708. The molecule has 0 amide bonds. The summed E-state index contributed by atoms with van der Waals surface area (Å²) in [7, 11) is 0. The van der Waals surface area contributed by atoms with Gasteiger partial charge in [0.15, 0.2) is 5.65 Å². The molecule has 3 heterocycles. The number of rotatable bonds is 5. The van der Waals surface area contributed by atoms with E-state index >= 15 is 0 Å². The molecule has 3 aromatic rings. The van der Waals surface area contributed by atoms with Gasteiger partial charge in [-0.25, -0.2) is 13.9 Å². The highest BCUT2D eigenvalue weighted by molar-refractivity contribution is 5.42. The molecular weight excluding hydrogens is 249 g/mol. The third kappa shape index (κ3) is 2.67. The number of hydrogen-bond donors (Lipinski definition) is 2. The summed E-state index contributed by atoms with van der Waals surface area (Å²) >= 11 is 0. The smallest absolute Gasteiger partial charge is 0.243 e. The number of aromatic nitrogens is 6. The topological polar surface area (TPSA) is 83.8 Å². The van der Waals surface area contributed by atoms with Crippen LogP contribution in [0.25, 0.3) is 5.65 Å². The van der Waals surface area contributed by atoms with Crippen LogP contribution in [0.5, 0.6) is 0 Å². The number of halogens is 1. The number of nitrogens with one attached hydrogen (secondary N) is 2. The Morgan fingerprint density at radius 1 is 1.37 bits per heavy atom. The molecule has 0 aromatic carbocycles. The average Bonchev–Trinajstić information content (AvgIpc) is 3.02. The number of H-pyrrole nitrogens is 1. The molecule has 8 heteroatoms. The standard InChI is InChI=1S/C11H12FN7/c12-8-3-4-10-16-11(18-19(10)6-8)13-5-1-2-9-14-7-15-17-9/h3-4,6-7H,1-2,5H2,(H,13,18)(H,14,15,17). The number of fused-ring (bicyclic) bond motifs is 1. The Morgan fingerprint density at radius 2 is 2.32 bits per heavy atom. The monoisotopic (exact) mass is 261 g/mol. The van der Waals surface area contributed by atoms with Crippen molar-refractivity contribution in [3.63, 3.8) is 0 Å². The molecule has 0 unspecified atom stereocenters. The lowest BCUT2D eigenvalue weighted by atomic mass is 10.3. The fraction of sp³-hybridized carbons (Fsp3) is 0.273. The van der Waals surface area contributed by atoms with Gasteiger partial charge in [-0.05, 0) is 18.6 Å². The third-order valence-corrected chi connectivity index (χ3v) is 2.63. The molecule has 3 rings (SSSR count). The first-order valence-electron chi connectivity index (χ1n) is 5.91. The molecule has 0 spiro atoms. The number of aromatic amines is 1. The van der Waals surface area contributed by atoms with Gasteiger partial charge in [0.05, 0.1) is 6.20 Å². The van der Waals surface area contributed by atoms with Gasteiger partial charge in [-0.1, -0.05) is 0 Å². The molecule has 19 heavy (non-hydrogen) atoms. The number of pyridine rings is 1. The molecule has 0 saturated heterocycles. The Bertz CT molecular complexity index is 661. The van der Waals surface area contributed by atoms with E-state index in [1.54, 1.807) is 6.07 Å². The molecular formula is C11H12FN7. The van der Waals surface area contributed by atoms with Crippen molar-refractivity contribution < 1.29 is 4.39 Å². The highest BCUT2D eigenvalue weighted by atomic mass is 19.1. The Hall–Kier alpha value is -2.51. The predicted molar refractivity (Wildman–Crippen MR) is 66.1 cm³/mol. The van der Waals surface area contributed by atoms with E-state index in [1.807, 2.05) is 0 Å². The van der Waals surface area contributed by atoms with E-state index in [9.17, 15) is 4.39 Å². The van der Waals surface area contributed by atoms with Crippen molar-refractivity contribution in [3.8, 4) is 0 Å². The predicted octanol–water partition coefficient (Wildman–Crippen LogP) is 1.03. The number of aryl methyl sites for hydroxylation is 1. The minimum absolute atomic E-state index is 0.339. The van der Waals surface area contributed by atoms with Gasteiger partial charge in [0, 0.05) is 13.0 Å². The Balaban J connectivity index is 1.56. The van der Waals surface area contributed by atoms with Crippen LogP contribution in [0.2, 0.25) is 0 Å². The molecule has 0 atom stereocenters. The van der Waals surface area contributed by atoms with Crippen molar-refractivity contribution in [3.05, 3.63) is 36.3 Å². The van der Waals surface area contributed by atoms with Crippen molar-refractivity contribution in [2.45, 2.75) is 12.8 Å². The van der Waals surface area contributed by atoms with E-state index in [4.69, 9.17) is 0 Å². The maximum atomic E-state index is 13.0. The molecule has 0 bridgehead atoms. The summed E-state index contributed by atoms with van der Waals surface area (Å²) in [6, 6.07) is 2.94. The minimum atomic E-state index is -0.339. The molecule has 0 saturated carbocycles. The first kappa shape index (κ1) is 11.6. The zero-order valence-electron chi connectivity index (χ0n) is 10.0. The lowest BCUT2D eigenvalue weighted by Gasteiger charge is -1.99. The second-order valence-corrected chi connectivity index (χ2v) is 4.05. The van der Waals surface area contributed by atoms with E-state index in [1.165, 1.54) is 23.1 Å². The highest BCUT2D eigenvalue weighted by Crippen LogP contribution is 2.06. The van der Waals surface area contributed by atoms with Gasteiger partial charge in [-0.3, -0.25) is 5.10 Å². The largest absolute Gasteiger partial charge is 0.353 e. The summed E-state index contributed by atoms with van der Waals surface area (Å²) in [5.74, 6) is 1.00. The SMILES string of the molecule is Fc1ccc2nc(NCCCc3ncn[nH]3)nn2c1. The van der Waals surface area contributed by atoms with Crippen LogP contribution in [-0.2, 0) is 6.42 Å². The fourth-order valence-corrected chi connectivity index (χ4v) is 1.74. The first-order chi connectivity index (χ1) is 9.31. The van der Waals surface area contributed by atoms with E-state index in [-0.39, 0.29) is 5.82 Å². The summed E-state index contributed by atoms with van der Waals surface area (Å²) < 4.78 is 14.4. The molecule has 0 aliphatic carbocycles. The molecule has 2 N–H and O–H groups in total. The zero-order valence-corrected chi connectivity index (χ0v) is 10.0. The van der Waals surface area contributed by atoms with Gasteiger partial charge in [0.1, 0.15) is 18.0 Å². The third-order valence-electron chi connectivity index (χ3n) is 2.63.